The van der Waals surface area contributed by atoms with Gasteiger partial charge in [-0.05, 0) is 35.9 Å². The second-order valence-corrected chi connectivity index (χ2v) is 4.95. The van der Waals surface area contributed by atoms with Crippen molar-refractivity contribution in [3.8, 4) is 0 Å². The number of tetrazole rings is 1. The Bertz CT molecular complexity index is 554. The number of nitrogens with zero attached hydrogens (tertiary/aromatic N) is 5. The Balaban J connectivity index is 1.94. The van der Waals surface area contributed by atoms with Crippen LogP contribution in [0.4, 0.5) is 0 Å². The first-order valence-electron chi connectivity index (χ1n) is 6.36. The van der Waals surface area contributed by atoms with E-state index < -0.39 is 0 Å². The number of furan rings is 1. The predicted octanol–water partition coefficient (Wildman–Crippen LogP) is 1.33. The van der Waals surface area contributed by atoms with Crippen molar-refractivity contribution < 1.29 is 9.21 Å². The first kappa shape index (κ1) is 14.6. The lowest BCUT2D eigenvalue weighted by molar-refractivity contribution is 0.0730. The molecule has 2 heterocycles. The van der Waals surface area contributed by atoms with Crippen LogP contribution in [0.1, 0.15) is 35.0 Å². The van der Waals surface area contributed by atoms with Crippen LogP contribution in [0.3, 0.4) is 0 Å². The van der Waals surface area contributed by atoms with E-state index in [0.717, 1.165) is 0 Å². The van der Waals surface area contributed by atoms with Gasteiger partial charge < -0.3 is 9.32 Å². The van der Waals surface area contributed by atoms with Gasteiger partial charge >= 0.3 is 0 Å². The summed E-state index contributed by atoms with van der Waals surface area (Å²) in [5.41, 5.74) is 0. The highest BCUT2D eigenvalue weighted by atomic mass is 32.1. The number of rotatable bonds is 6. The van der Waals surface area contributed by atoms with E-state index in [1.807, 2.05) is 6.92 Å². The molecule has 20 heavy (non-hydrogen) atoms. The van der Waals surface area contributed by atoms with Crippen LogP contribution in [0, 0.1) is 0 Å². The van der Waals surface area contributed by atoms with Crippen molar-refractivity contribution in [3.05, 3.63) is 30.0 Å². The molecule has 0 aromatic carbocycles. The van der Waals surface area contributed by atoms with Gasteiger partial charge in [-0.1, -0.05) is 0 Å². The van der Waals surface area contributed by atoms with Crippen molar-refractivity contribution in [1.29, 1.82) is 0 Å². The van der Waals surface area contributed by atoms with Crippen LogP contribution in [0.15, 0.2) is 22.8 Å². The summed E-state index contributed by atoms with van der Waals surface area (Å²) < 4.78 is 6.72. The number of hydrogen-bond donors (Lipinski definition) is 1. The molecule has 2 rings (SSSR count). The zero-order valence-electron chi connectivity index (χ0n) is 11.4. The molecule has 0 saturated heterocycles. The van der Waals surface area contributed by atoms with Gasteiger partial charge in [-0.25, -0.2) is 4.68 Å². The summed E-state index contributed by atoms with van der Waals surface area (Å²) in [7, 11) is 1.77. The average Bonchev–Trinajstić information content (AvgIpc) is 3.09. The Labute approximate surface area is 122 Å². The lowest BCUT2D eigenvalue weighted by atomic mass is 10.2. The number of carbonyl (C=O) groups excluding carboxylic acids is 1. The maximum Gasteiger partial charge on any atom is 0.289 e. The van der Waals surface area contributed by atoms with Crippen LogP contribution in [-0.2, 0) is 7.05 Å². The van der Waals surface area contributed by atoms with Crippen LogP contribution in [0.5, 0.6) is 0 Å². The fraction of sp³-hybridized carbons (Fsp3) is 0.500. The third-order valence-electron chi connectivity index (χ3n) is 3.02. The second kappa shape index (κ2) is 6.56. The molecule has 2 aromatic heterocycles. The molecule has 0 bridgehead atoms. The maximum absolute atomic E-state index is 12.2. The molecule has 0 aliphatic carbocycles. The summed E-state index contributed by atoms with van der Waals surface area (Å²) in [5, 5.41) is 11.2. The van der Waals surface area contributed by atoms with E-state index in [1.54, 1.807) is 28.8 Å². The van der Waals surface area contributed by atoms with E-state index in [9.17, 15) is 4.79 Å². The van der Waals surface area contributed by atoms with Gasteiger partial charge in [-0.15, -0.1) is 5.10 Å². The van der Waals surface area contributed by atoms with Crippen LogP contribution in [0.25, 0.3) is 0 Å². The van der Waals surface area contributed by atoms with Crippen LogP contribution in [-0.4, -0.2) is 44.1 Å². The minimum atomic E-state index is -0.117. The van der Waals surface area contributed by atoms with Gasteiger partial charge in [0.25, 0.3) is 5.91 Å². The zero-order chi connectivity index (χ0) is 14.5. The second-order valence-electron chi connectivity index (χ2n) is 4.33. The van der Waals surface area contributed by atoms with Crippen molar-refractivity contribution in [2.24, 2.45) is 7.05 Å². The minimum Gasteiger partial charge on any atom is -0.459 e. The Morgan fingerprint density at radius 1 is 1.60 bits per heavy atom. The molecule has 7 nitrogen and oxygen atoms in total. The van der Waals surface area contributed by atoms with Gasteiger partial charge in [-0.2, -0.15) is 12.6 Å². The Morgan fingerprint density at radius 3 is 2.95 bits per heavy atom. The summed E-state index contributed by atoms with van der Waals surface area (Å²) in [6.45, 7) is 3.10. The Hall–Kier alpha value is -1.83. The van der Waals surface area contributed by atoms with Gasteiger partial charge in [0, 0.05) is 20.1 Å². The summed E-state index contributed by atoms with van der Waals surface area (Å²) in [4.78, 5) is 13.9. The first-order valence-corrected chi connectivity index (χ1v) is 6.88. The molecule has 0 aliphatic heterocycles. The van der Waals surface area contributed by atoms with Crippen molar-refractivity contribution in [3.63, 3.8) is 0 Å². The quantitative estimate of drug-likeness (QED) is 0.813. The molecule has 0 spiro atoms. The van der Waals surface area contributed by atoms with E-state index in [1.165, 1.54) is 6.26 Å². The molecule has 8 heteroatoms. The molecule has 1 unspecified atom stereocenters. The number of carbonyl (C=O) groups is 1. The smallest absolute Gasteiger partial charge is 0.289 e. The Kier molecular flexibility index (Phi) is 4.78. The Morgan fingerprint density at radius 2 is 2.40 bits per heavy atom. The van der Waals surface area contributed by atoms with E-state index in [0.29, 0.717) is 31.1 Å². The standard InChI is InChI=1S/C12H17N5O2S/c1-3-17(12(18)9-5-4-8-19-9)7-6-10(20)11-13-14-15-16(11)2/h4-5,8,10,20H,3,6-7H2,1-2H3. The zero-order valence-corrected chi connectivity index (χ0v) is 12.3. The molecule has 0 saturated carbocycles. The highest BCUT2D eigenvalue weighted by Crippen LogP contribution is 2.21. The van der Waals surface area contributed by atoms with Gasteiger partial charge in [-0.3, -0.25) is 4.79 Å². The number of hydrogen-bond acceptors (Lipinski definition) is 6. The van der Waals surface area contributed by atoms with Gasteiger partial charge in [0.05, 0.1) is 11.5 Å². The molecular formula is C12H17N5O2S. The van der Waals surface area contributed by atoms with Gasteiger partial charge in [0.15, 0.2) is 11.6 Å². The highest BCUT2D eigenvalue weighted by molar-refractivity contribution is 7.80. The summed E-state index contributed by atoms with van der Waals surface area (Å²) in [6, 6.07) is 3.36. The molecule has 0 radical (unpaired) electrons. The van der Waals surface area contributed by atoms with E-state index in [2.05, 4.69) is 28.2 Å². The van der Waals surface area contributed by atoms with Crippen molar-refractivity contribution in [2.75, 3.05) is 13.1 Å². The lowest BCUT2D eigenvalue weighted by Gasteiger charge is -2.21. The van der Waals surface area contributed by atoms with Crippen LogP contribution in [0.2, 0.25) is 0 Å². The van der Waals surface area contributed by atoms with Crippen LogP contribution < -0.4 is 0 Å². The molecule has 1 atom stereocenters. The third-order valence-corrected chi connectivity index (χ3v) is 3.51. The summed E-state index contributed by atoms with van der Waals surface area (Å²) in [5.74, 6) is 0.923. The molecule has 108 valence electrons. The molecule has 2 aromatic rings. The number of thiol groups is 1. The molecule has 0 fully saturated rings. The predicted molar refractivity (Wildman–Crippen MR) is 75.4 cm³/mol. The highest BCUT2D eigenvalue weighted by Gasteiger charge is 2.19. The molecular weight excluding hydrogens is 278 g/mol. The lowest BCUT2D eigenvalue weighted by Crippen LogP contribution is -2.32. The van der Waals surface area contributed by atoms with Gasteiger partial charge in [0.2, 0.25) is 0 Å². The van der Waals surface area contributed by atoms with E-state index >= 15 is 0 Å². The van der Waals surface area contributed by atoms with Crippen LogP contribution >= 0.6 is 12.6 Å². The third kappa shape index (κ3) is 3.19. The van der Waals surface area contributed by atoms with Crippen molar-refractivity contribution in [1.82, 2.24) is 25.1 Å². The maximum atomic E-state index is 12.2. The molecule has 1 amide bonds. The minimum absolute atomic E-state index is 0.117. The normalized spacial score (nSPS) is 12.3. The molecule has 0 N–H and O–H groups in total. The average molecular weight is 295 g/mol. The van der Waals surface area contributed by atoms with Crippen molar-refractivity contribution >= 4 is 18.5 Å². The van der Waals surface area contributed by atoms with Gasteiger partial charge in [0.1, 0.15) is 0 Å². The SMILES string of the molecule is CCN(CCC(S)c1nnnn1C)C(=O)c1ccco1. The molecule has 0 aliphatic rings. The number of amides is 1. The first-order chi connectivity index (χ1) is 9.63. The van der Waals surface area contributed by atoms with E-state index in [-0.39, 0.29) is 11.2 Å². The topological polar surface area (TPSA) is 77.1 Å². The fourth-order valence-corrected chi connectivity index (χ4v) is 2.22. The fourth-order valence-electron chi connectivity index (χ4n) is 1.89. The number of aryl methyl sites for hydroxylation is 1. The monoisotopic (exact) mass is 295 g/mol. The summed E-state index contributed by atoms with van der Waals surface area (Å²) >= 11 is 4.49. The largest absolute Gasteiger partial charge is 0.459 e. The summed E-state index contributed by atoms with van der Waals surface area (Å²) in [6.07, 6.45) is 2.16. The van der Waals surface area contributed by atoms with Crippen molar-refractivity contribution in [2.45, 2.75) is 18.6 Å². The van der Waals surface area contributed by atoms with E-state index in [4.69, 9.17) is 4.42 Å². The number of aromatic nitrogens is 4.